The van der Waals surface area contributed by atoms with Crippen LogP contribution >= 0.6 is 0 Å². The summed E-state index contributed by atoms with van der Waals surface area (Å²) in [7, 11) is 0. The van der Waals surface area contributed by atoms with E-state index in [-0.39, 0.29) is 17.7 Å². The van der Waals surface area contributed by atoms with Crippen molar-refractivity contribution >= 4 is 11.5 Å². The van der Waals surface area contributed by atoms with Gasteiger partial charge in [-0.25, -0.2) is 0 Å². The fourth-order valence-corrected chi connectivity index (χ4v) is 3.90. The molecule has 0 aromatic carbocycles. The fourth-order valence-electron chi connectivity index (χ4n) is 3.90. The number of nitrogens with one attached hydrogen (secondary N) is 1. The van der Waals surface area contributed by atoms with E-state index < -0.39 is 0 Å². The zero-order valence-corrected chi connectivity index (χ0v) is 10.7. The van der Waals surface area contributed by atoms with Crippen molar-refractivity contribution in [1.82, 2.24) is 5.32 Å². The number of carbonyl (C=O) groups is 1. The molecule has 0 bridgehead atoms. The Morgan fingerprint density at radius 3 is 3.00 bits per heavy atom. The first-order chi connectivity index (χ1) is 8.70. The van der Waals surface area contributed by atoms with Crippen molar-refractivity contribution in [1.29, 1.82) is 5.26 Å². The van der Waals surface area contributed by atoms with E-state index in [4.69, 9.17) is 0 Å². The molecule has 96 valence electrons. The standard InChI is InChI=1S/C14H19N3O/c1-8(18)13-3-2-10-11(5-15)12-7-16-6-9(12)4-14(10)17-13/h9-13,16H,2-4,6-7H2,1H3. The first-order valence-corrected chi connectivity index (χ1v) is 6.88. The molecule has 4 heteroatoms. The molecule has 2 fully saturated rings. The second-order valence-electron chi connectivity index (χ2n) is 5.87. The number of hydrogen-bond acceptors (Lipinski definition) is 4. The van der Waals surface area contributed by atoms with Gasteiger partial charge in [0.25, 0.3) is 0 Å². The van der Waals surface area contributed by atoms with E-state index in [2.05, 4.69) is 16.4 Å². The Kier molecular flexibility index (Phi) is 2.95. The van der Waals surface area contributed by atoms with Crippen LogP contribution in [0.3, 0.4) is 0 Å². The molecule has 2 heterocycles. The van der Waals surface area contributed by atoms with Crippen LogP contribution in [0, 0.1) is 35.0 Å². The summed E-state index contributed by atoms with van der Waals surface area (Å²) in [5, 5.41) is 12.9. The third kappa shape index (κ3) is 1.78. The number of carbonyl (C=O) groups excluding carboxylic acids is 1. The van der Waals surface area contributed by atoms with Gasteiger partial charge in [-0.15, -0.1) is 0 Å². The van der Waals surface area contributed by atoms with Gasteiger partial charge in [-0.3, -0.25) is 9.79 Å². The summed E-state index contributed by atoms with van der Waals surface area (Å²) in [5.41, 5.74) is 1.15. The van der Waals surface area contributed by atoms with Crippen LogP contribution in [-0.4, -0.2) is 30.6 Å². The molecule has 0 spiro atoms. The molecule has 1 saturated heterocycles. The van der Waals surface area contributed by atoms with E-state index in [1.54, 1.807) is 6.92 Å². The lowest BCUT2D eigenvalue weighted by Gasteiger charge is -2.40. The van der Waals surface area contributed by atoms with E-state index in [0.29, 0.717) is 17.8 Å². The number of ketones is 1. The highest BCUT2D eigenvalue weighted by atomic mass is 16.1. The highest BCUT2D eigenvalue weighted by Crippen LogP contribution is 2.43. The number of hydrogen-bond donors (Lipinski definition) is 1. The zero-order valence-electron chi connectivity index (χ0n) is 10.7. The summed E-state index contributed by atoms with van der Waals surface area (Å²) in [6, 6.07) is 2.38. The number of rotatable bonds is 1. The second-order valence-corrected chi connectivity index (χ2v) is 5.87. The quantitative estimate of drug-likeness (QED) is 0.754. The van der Waals surface area contributed by atoms with Gasteiger partial charge in [-0.05, 0) is 51.1 Å². The molecule has 0 aromatic rings. The minimum Gasteiger partial charge on any atom is -0.316 e. The van der Waals surface area contributed by atoms with Crippen molar-refractivity contribution in [3.63, 3.8) is 0 Å². The molecule has 0 radical (unpaired) electrons. The van der Waals surface area contributed by atoms with Crippen molar-refractivity contribution in [3.8, 4) is 6.07 Å². The molecule has 1 aliphatic carbocycles. The maximum atomic E-state index is 11.5. The Bertz CT molecular complexity index is 437. The maximum absolute atomic E-state index is 11.5. The summed E-state index contributed by atoms with van der Waals surface area (Å²) >= 11 is 0. The van der Waals surface area contributed by atoms with Crippen molar-refractivity contribution in [3.05, 3.63) is 0 Å². The predicted octanol–water partition coefficient (Wildman–Crippen LogP) is 1.17. The molecule has 1 saturated carbocycles. The smallest absolute Gasteiger partial charge is 0.154 e. The van der Waals surface area contributed by atoms with Crippen molar-refractivity contribution < 1.29 is 4.79 Å². The lowest BCUT2D eigenvalue weighted by atomic mass is 9.65. The van der Waals surface area contributed by atoms with Crippen molar-refractivity contribution in [2.24, 2.45) is 28.7 Å². The molecule has 18 heavy (non-hydrogen) atoms. The lowest BCUT2D eigenvalue weighted by Crippen LogP contribution is -2.43. The highest BCUT2D eigenvalue weighted by molar-refractivity contribution is 5.93. The summed E-state index contributed by atoms with van der Waals surface area (Å²) in [5.74, 6) is 1.63. The van der Waals surface area contributed by atoms with Gasteiger partial charge in [-0.1, -0.05) is 0 Å². The van der Waals surface area contributed by atoms with E-state index >= 15 is 0 Å². The average Bonchev–Trinajstić information content (AvgIpc) is 2.82. The number of nitrogens with zero attached hydrogens (tertiary/aromatic N) is 2. The topological polar surface area (TPSA) is 65.2 Å². The van der Waals surface area contributed by atoms with Gasteiger partial charge < -0.3 is 5.32 Å². The van der Waals surface area contributed by atoms with Gasteiger partial charge in [0.15, 0.2) is 5.78 Å². The Balaban J connectivity index is 1.90. The molecule has 3 aliphatic rings. The number of aliphatic imine (C=N–C) groups is 1. The van der Waals surface area contributed by atoms with Gasteiger partial charge in [0.2, 0.25) is 0 Å². The molecule has 1 N–H and O–H groups in total. The van der Waals surface area contributed by atoms with Gasteiger partial charge >= 0.3 is 0 Å². The summed E-state index contributed by atoms with van der Waals surface area (Å²) in [6.07, 6.45) is 2.78. The van der Waals surface area contributed by atoms with E-state index in [9.17, 15) is 10.1 Å². The monoisotopic (exact) mass is 245 g/mol. The summed E-state index contributed by atoms with van der Waals surface area (Å²) in [4.78, 5) is 16.1. The van der Waals surface area contributed by atoms with E-state index in [0.717, 1.165) is 38.1 Å². The molecular formula is C14H19N3O. The summed E-state index contributed by atoms with van der Waals surface area (Å²) in [6.45, 7) is 3.60. The number of fused-ring (bicyclic) bond motifs is 2. The largest absolute Gasteiger partial charge is 0.316 e. The molecule has 5 unspecified atom stereocenters. The van der Waals surface area contributed by atoms with Gasteiger partial charge in [0.1, 0.15) is 6.04 Å². The van der Waals surface area contributed by atoms with Crippen LogP contribution < -0.4 is 5.32 Å². The Hall–Kier alpha value is -1.21. The van der Waals surface area contributed by atoms with Crippen LogP contribution in [0.15, 0.2) is 4.99 Å². The predicted molar refractivity (Wildman–Crippen MR) is 68.2 cm³/mol. The number of Topliss-reactive ketones (excluding diaryl/α,β-unsaturated/α-hetero) is 1. The van der Waals surface area contributed by atoms with Crippen LogP contribution in [-0.2, 0) is 4.79 Å². The van der Waals surface area contributed by atoms with Crippen LogP contribution in [0.4, 0.5) is 0 Å². The fraction of sp³-hybridized carbons (Fsp3) is 0.786. The Morgan fingerprint density at radius 1 is 1.44 bits per heavy atom. The normalized spacial score (nSPS) is 42.4. The van der Waals surface area contributed by atoms with Crippen LogP contribution in [0.1, 0.15) is 26.2 Å². The number of nitriles is 1. The van der Waals surface area contributed by atoms with Gasteiger partial charge in [0, 0.05) is 11.6 Å². The Morgan fingerprint density at radius 2 is 2.28 bits per heavy atom. The molecule has 0 aromatic heterocycles. The maximum Gasteiger partial charge on any atom is 0.154 e. The van der Waals surface area contributed by atoms with Crippen LogP contribution in [0.25, 0.3) is 0 Å². The molecule has 3 rings (SSSR count). The van der Waals surface area contributed by atoms with Crippen molar-refractivity contribution in [2.45, 2.75) is 32.2 Å². The molecular weight excluding hydrogens is 226 g/mol. The van der Waals surface area contributed by atoms with E-state index in [1.807, 2.05) is 0 Å². The van der Waals surface area contributed by atoms with Crippen molar-refractivity contribution in [2.75, 3.05) is 13.1 Å². The highest BCUT2D eigenvalue weighted by Gasteiger charge is 2.46. The van der Waals surface area contributed by atoms with Gasteiger partial charge in [0.05, 0.1) is 12.0 Å². The Labute approximate surface area is 107 Å². The minimum atomic E-state index is -0.137. The minimum absolute atomic E-state index is 0.102. The molecule has 5 atom stereocenters. The van der Waals surface area contributed by atoms with E-state index in [1.165, 1.54) is 0 Å². The van der Waals surface area contributed by atoms with Crippen LogP contribution in [0.5, 0.6) is 0 Å². The third-order valence-electron chi connectivity index (χ3n) is 4.88. The zero-order chi connectivity index (χ0) is 12.7. The SMILES string of the molecule is CC(=O)C1CCC2C(=N1)CC1CNCC1C2C#N. The average molecular weight is 245 g/mol. The molecule has 4 nitrogen and oxygen atoms in total. The summed E-state index contributed by atoms with van der Waals surface area (Å²) < 4.78 is 0. The van der Waals surface area contributed by atoms with Gasteiger partial charge in [-0.2, -0.15) is 5.26 Å². The first kappa shape index (κ1) is 11.9. The third-order valence-corrected chi connectivity index (χ3v) is 4.88. The lowest BCUT2D eigenvalue weighted by molar-refractivity contribution is -0.118. The van der Waals surface area contributed by atoms with Crippen LogP contribution in [0.2, 0.25) is 0 Å². The first-order valence-electron chi connectivity index (χ1n) is 6.88. The second kappa shape index (κ2) is 4.47. The molecule has 2 aliphatic heterocycles. The molecule has 0 amide bonds.